The van der Waals surface area contributed by atoms with Gasteiger partial charge in [-0.15, -0.1) is 0 Å². The van der Waals surface area contributed by atoms with Gasteiger partial charge in [-0.1, -0.05) is 0 Å². The van der Waals surface area contributed by atoms with Crippen molar-refractivity contribution in [2.75, 3.05) is 13.1 Å². The zero-order chi connectivity index (χ0) is 15.1. The van der Waals surface area contributed by atoms with Gasteiger partial charge >= 0.3 is 11.9 Å². The van der Waals surface area contributed by atoms with Crippen molar-refractivity contribution in [2.24, 2.45) is 22.9 Å². The molecule has 104 valence electrons. The van der Waals surface area contributed by atoms with Crippen molar-refractivity contribution in [1.82, 2.24) is 0 Å². The molecule has 0 aromatic heterocycles. The molecule has 0 aliphatic heterocycles. The lowest BCUT2D eigenvalue weighted by Crippen LogP contribution is -2.10. The summed E-state index contributed by atoms with van der Waals surface area (Å²) in [5, 5.41) is 15.2. The highest BCUT2D eigenvalue weighted by molar-refractivity contribution is 5.95. The van der Waals surface area contributed by atoms with Gasteiger partial charge < -0.3 is 33.1 Å². The summed E-state index contributed by atoms with van der Waals surface area (Å²) in [5.74, 6) is -3.29. The molecule has 0 aliphatic carbocycles. The van der Waals surface area contributed by atoms with E-state index in [0.29, 0.717) is 0 Å². The fraction of sp³-hybridized carbons (Fsp3) is 0.250. The van der Waals surface area contributed by atoms with E-state index in [9.17, 15) is 19.2 Å². The number of carboxylic acids is 2. The molecule has 0 saturated heterocycles. The number of amides is 2. The monoisotopic (exact) mass is 264 g/mol. The van der Waals surface area contributed by atoms with Crippen LogP contribution < -0.4 is 22.9 Å². The number of hydrogen-bond donors (Lipinski definition) is 6. The van der Waals surface area contributed by atoms with E-state index in [1.165, 1.54) is 0 Å². The highest BCUT2D eigenvalue weighted by Crippen LogP contribution is 1.65. The Morgan fingerprint density at radius 1 is 0.778 bits per heavy atom. The Hall–Kier alpha value is -2.46. The molecule has 18 heavy (non-hydrogen) atoms. The first-order chi connectivity index (χ1) is 8.17. The van der Waals surface area contributed by atoms with Gasteiger partial charge in [0.2, 0.25) is 11.8 Å². The molecule has 0 fully saturated rings. The molecule has 0 saturated carbocycles. The van der Waals surface area contributed by atoms with E-state index in [2.05, 4.69) is 22.9 Å². The summed E-state index contributed by atoms with van der Waals surface area (Å²) in [6, 6.07) is 0. The number of rotatable bonds is 4. The molecule has 10 N–H and O–H groups in total. The van der Waals surface area contributed by atoms with E-state index in [1.807, 2.05) is 0 Å². The van der Waals surface area contributed by atoms with E-state index in [0.717, 1.165) is 12.2 Å². The Labute approximate surface area is 102 Å². The third-order valence-corrected chi connectivity index (χ3v) is 0.761. The van der Waals surface area contributed by atoms with E-state index < -0.39 is 23.8 Å². The Bertz CT molecular complexity index is 285. The van der Waals surface area contributed by atoms with Gasteiger partial charge in [-0.2, -0.15) is 0 Å². The standard InChI is InChI=1S/C4H6N2O2.2C2H5NO2/c5-3(7)1-2-4(6)8;2*3-1-2(4)5/h1-2H,(H2,5,7)(H2,6,8);2*1,3H2,(H,4,5)/b2-1+;;. The SMILES string of the molecule is NC(=O)/C=C/C(N)=O.NCC(=O)O.NCC(=O)O. The van der Waals surface area contributed by atoms with Crippen molar-refractivity contribution >= 4 is 23.8 Å². The van der Waals surface area contributed by atoms with Gasteiger partial charge in [-0.25, -0.2) is 0 Å². The Morgan fingerprint density at radius 2 is 0.944 bits per heavy atom. The fourth-order valence-corrected chi connectivity index (χ4v) is 0.164. The van der Waals surface area contributed by atoms with Crippen molar-refractivity contribution in [3.05, 3.63) is 12.2 Å². The van der Waals surface area contributed by atoms with E-state index in [4.69, 9.17) is 10.2 Å². The largest absolute Gasteiger partial charge is 0.480 e. The molecular weight excluding hydrogens is 248 g/mol. The predicted octanol–water partition coefficient (Wildman–Crippen LogP) is -3.43. The maximum atomic E-state index is 9.83. The van der Waals surface area contributed by atoms with Crippen LogP contribution in [0.1, 0.15) is 0 Å². The third-order valence-electron chi connectivity index (χ3n) is 0.761. The maximum absolute atomic E-state index is 9.83. The third kappa shape index (κ3) is 49.8. The van der Waals surface area contributed by atoms with Crippen molar-refractivity contribution in [2.45, 2.75) is 0 Å². The van der Waals surface area contributed by atoms with Gasteiger partial charge in [0.1, 0.15) is 0 Å². The van der Waals surface area contributed by atoms with Crippen LogP contribution in [0.5, 0.6) is 0 Å². The van der Waals surface area contributed by atoms with Gasteiger partial charge in [0.25, 0.3) is 0 Å². The van der Waals surface area contributed by atoms with E-state index >= 15 is 0 Å². The Kier molecular flexibility index (Phi) is 16.9. The molecule has 0 heterocycles. The van der Waals surface area contributed by atoms with Gasteiger partial charge in [0, 0.05) is 12.2 Å². The average Bonchev–Trinajstić information content (AvgIpc) is 2.27. The van der Waals surface area contributed by atoms with Crippen molar-refractivity contribution in [1.29, 1.82) is 0 Å². The second-order valence-electron chi connectivity index (χ2n) is 2.33. The molecule has 0 aromatic carbocycles. The first kappa shape index (κ1) is 20.9. The quantitative estimate of drug-likeness (QED) is 0.280. The van der Waals surface area contributed by atoms with Crippen LogP contribution in [-0.4, -0.2) is 47.1 Å². The zero-order valence-corrected chi connectivity index (χ0v) is 9.41. The van der Waals surface area contributed by atoms with Crippen LogP contribution in [-0.2, 0) is 19.2 Å². The molecule has 10 heteroatoms. The summed E-state index contributed by atoms with van der Waals surface area (Å²) in [6.07, 6.45) is 1.81. The first-order valence-corrected chi connectivity index (χ1v) is 4.28. The second kappa shape index (κ2) is 14.5. The molecule has 10 nitrogen and oxygen atoms in total. The van der Waals surface area contributed by atoms with Crippen LogP contribution in [0.2, 0.25) is 0 Å². The zero-order valence-electron chi connectivity index (χ0n) is 9.41. The smallest absolute Gasteiger partial charge is 0.317 e. The molecule has 0 rings (SSSR count). The lowest BCUT2D eigenvalue weighted by atomic mass is 10.5. The van der Waals surface area contributed by atoms with Crippen LogP contribution in [0.25, 0.3) is 0 Å². The lowest BCUT2D eigenvalue weighted by molar-refractivity contribution is -0.136. The molecule has 0 spiro atoms. The van der Waals surface area contributed by atoms with Crippen molar-refractivity contribution < 1.29 is 29.4 Å². The molecular formula is C8H16N4O6. The average molecular weight is 264 g/mol. The molecule has 0 atom stereocenters. The minimum absolute atomic E-state index is 0.278. The van der Waals surface area contributed by atoms with Crippen LogP contribution in [0, 0.1) is 0 Å². The summed E-state index contributed by atoms with van der Waals surface area (Å²) < 4.78 is 0. The molecule has 0 bridgehead atoms. The first-order valence-electron chi connectivity index (χ1n) is 4.28. The predicted molar refractivity (Wildman–Crippen MR) is 60.9 cm³/mol. The molecule has 2 amide bonds. The van der Waals surface area contributed by atoms with Crippen molar-refractivity contribution in [3.63, 3.8) is 0 Å². The summed E-state index contributed by atoms with van der Waals surface area (Å²) in [7, 11) is 0. The number of hydrogen-bond acceptors (Lipinski definition) is 6. The summed E-state index contributed by atoms with van der Waals surface area (Å²) in [4.78, 5) is 38.1. The Balaban J connectivity index is -0.000000197. The molecule has 0 unspecified atom stereocenters. The number of carboxylic acid groups (broad SMARTS) is 2. The summed E-state index contributed by atoms with van der Waals surface area (Å²) in [5.41, 5.74) is 18.4. The van der Waals surface area contributed by atoms with Crippen LogP contribution >= 0.6 is 0 Å². The number of primary amides is 2. The normalized spacial score (nSPS) is 8.33. The van der Waals surface area contributed by atoms with E-state index in [1.54, 1.807) is 0 Å². The highest BCUT2D eigenvalue weighted by Gasteiger charge is 1.84. The number of aliphatic carboxylic acids is 2. The van der Waals surface area contributed by atoms with Gasteiger partial charge in [0.15, 0.2) is 0 Å². The van der Waals surface area contributed by atoms with E-state index in [-0.39, 0.29) is 13.1 Å². The summed E-state index contributed by atoms with van der Waals surface area (Å²) >= 11 is 0. The highest BCUT2D eigenvalue weighted by atomic mass is 16.4. The number of carbonyl (C=O) groups is 4. The van der Waals surface area contributed by atoms with Gasteiger partial charge in [0.05, 0.1) is 13.1 Å². The summed E-state index contributed by atoms with van der Waals surface area (Å²) in [6.45, 7) is -0.556. The lowest BCUT2D eigenvalue weighted by Gasteiger charge is -1.76. The molecule has 0 aliphatic rings. The maximum Gasteiger partial charge on any atom is 0.317 e. The number of carbonyl (C=O) groups excluding carboxylic acids is 2. The topological polar surface area (TPSA) is 213 Å². The van der Waals surface area contributed by atoms with Crippen LogP contribution in [0.15, 0.2) is 12.2 Å². The molecule has 0 radical (unpaired) electrons. The van der Waals surface area contributed by atoms with Crippen molar-refractivity contribution in [3.8, 4) is 0 Å². The Morgan fingerprint density at radius 3 is 1.00 bits per heavy atom. The number of nitrogens with two attached hydrogens (primary N) is 4. The van der Waals surface area contributed by atoms with Gasteiger partial charge in [-0.05, 0) is 0 Å². The fourth-order valence-electron chi connectivity index (χ4n) is 0.164. The van der Waals surface area contributed by atoms with Gasteiger partial charge in [-0.3, -0.25) is 19.2 Å². The minimum atomic E-state index is -0.968. The minimum Gasteiger partial charge on any atom is -0.480 e. The second-order valence-corrected chi connectivity index (χ2v) is 2.33. The van der Waals surface area contributed by atoms with Crippen LogP contribution in [0.3, 0.4) is 0 Å². The van der Waals surface area contributed by atoms with Crippen LogP contribution in [0.4, 0.5) is 0 Å². The molecule has 0 aromatic rings.